The Morgan fingerprint density at radius 2 is 2.09 bits per heavy atom. The minimum atomic E-state index is -0.243. The second-order valence-corrected chi connectivity index (χ2v) is 4.30. The highest BCUT2D eigenvalue weighted by Crippen LogP contribution is 2.15. The van der Waals surface area contributed by atoms with Crippen LogP contribution in [0.2, 0.25) is 0 Å². The van der Waals surface area contributed by atoms with Gasteiger partial charge in [-0.15, -0.1) is 0 Å². The van der Waals surface area contributed by atoms with E-state index in [0.29, 0.717) is 31.1 Å². The molecule has 4 heteroatoms. The molecule has 0 unspecified atom stereocenters. The molecule has 0 aromatic heterocycles. The molecule has 0 aliphatic heterocycles. The molecule has 0 heterocycles. The van der Waals surface area contributed by atoms with Crippen LogP contribution in [0.4, 0.5) is 0 Å². The van der Waals surface area contributed by atoms with E-state index in [1.807, 2.05) is 0 Å². The Labute approximate surface area is 132 Å². The Morgan fingerprint density at radius 1 is 1.41 bits per heavy atom. The topological polar surface area (TPSA) is 47.6 Å². The summed E-state index contributed by atoms with van der Waals surface area (Å²) in [5.74, 6) is 0.568. The zero-order valence-electron chi connectivity index (χ0n) is 12.9. The first-order valence-corrected chi connectivity index (χ1v) is 6.98. The van der Waals surface area contributed by atoms with Gasteiger partial charge in [-0.05, 0) is 37.3 Å². The number of hydrogen-bond donors (Lipinski definition) is 1. The molecule has 0 radical (unpaired) electrons. The van der Waals surface area contributed by atoms with Crippen molar-refractivity contribution in [1.82, 2.24) is 5.32 Å². The molecule has 0 spiro atoms. The molecular formula is C18H23NO3. The van der Waals surface area contributed by atoms with E-state index in [9.17, 15) is 4.79 Å². The first-order valence-electron chi connectivity index (χ1n) is 6.98. The van der Waals surface area contributed by atoms with E-state index >= 15 is 0 Å². The van der Waals surface area contributed by atoms with Crippen molar-refractivity contribution in [2.45, 2.75) is 6.92 Å². The van der Waals surface area contributed by atoms with Gasteiger partial charge in [-0.2, -0.15) is 0 Å². The largest absolute Gasteiger partial charge is 0.492 e. The standard InChI is InChI=1S/C18H21NO3.H2/c1-5-14(4)19-12-13-22-16-10-8-15(9-11-16)18(20)17(6-2)21-7-3;/h5,8-11,19H,1-2,4,7,12-13H2,3H3;1H. The maximum atomic E-state index is 12.1. The molecule has 0 saturated carbocycles. The van der Waals surface area contributed by atoms with Gasteiger partial charge in [0.2, 0.25) is 11.5 Å². The van der Waals surface area contributed by atoms with Crippen LogP contribution in [-0.2, 0) is 4.74 Å². The number of rotatable bonds is 10. The van der Waals surface area contributed by atoms with Crippen LogP contribution in [0, 0.1) is 0 Å². The molecule has 1 rings (SSSR count). The molecule has 0 saturated heterocycles. The third-order valence-electron chi connectivity index (χ3n) is 2.74. The lowest BCUT2D eigenvalue weighted by Gasteiger charge is -2.09. The van der Waals surface area contributed by atoms with Crippen LogP contribution in [0.5, 0.6) is 5.75 Å². The molecule has 0 fully saturated rings. The lowest BCUT2D eigenvalue weighted by Crippen LogP contribution is -2.19. The predicted octanol–water partition coefficient (Wildman–Crippen LogP) is 3.49. The molecule has 1 aromatic rings. The summed E-state index contributed by atoms with van der Waals surface area (Å²) in [5, 5.41) is 3.04. The first kappa shape index (κ1) is 17.3. The van der Waals surface area contributed by atoms with Crippen molar-refractivity contribution in [2.24, 2.45) is 0 Å². The molecule has 22 heavy (non-hydrogen) atoms. The van der Waals surface area contributed by atoms with Crippen molar-refractivity contribution in [3.63, 3.8) is 0 Å². The average Bonchev–Trinajstić information content (AvgIpc) is 2.56. The van der Waals surface area contributed by atoms with Gasteiger partial charge in [0.25, 0.3) is 0 Å². The monoisotopic (exact) mass is 301 g/mol. The number of carbonyl (C=O) groups excluding carboxylic acids is 1. The summed E-state index contributed by atoms with van der Waals surface area (Å²) in [4.78, 5) is 12.1. The summed E-state index contributed by atoms with van der Waals surface area (Å²) in [6, 6.07) is 6.85. The van der Waals surface area contributed by atoms with Gasteiger partial charge >= 0.3 is 0 Å². The van der Waals surface area contributed by atoms with Gasteiger partial charge in [0.05, 0.1) is 6.61 Å². The lowest BCUT2D eigenvalue weighted by atomic mass is 10.1. The third-order valence-corrected chi connectivity index (χ3v) is 2.74. The molecule has 0 amide bonds. The molecule has 1 aromatic carbocycles. The van der Waals surface area contributed by atoms with E-state index in [-0.39, 0.29) is 13.0 Å². The van der Waals surface area contributed by atoms with Crippen molar-refractivity contribution in [3.05, 3.63) is 72.8 Å². The number of carbonyl (C=O) groups is 1. The smallest absolute Gasteiger partial charge is 0.235 e. The number of Topliss-reactive ketones (excluding diaryl/α,β-unsaturated/α-hetero) is 1. The summed E-state index contributed by atoms with van der Waals surface area (Å²) in [6.07, 6.45) is 1.64. The van der Waals surface area contributed by atoms with Gasteiger partial charge < -0.3 is 14.8 Å². The molecule has 118 valence electrons. The first-order chi connectivity index (χ1) is 10.6. The van der Waals surface area contributed by atoms with Gasteiger partial charge in [0.15, 0.2) is 0 Å². The van der Waals surface area contributed by atoms with Crippen LogP contribution >= 0.6 is 0 Å². The second kappa shape index (κ2) is 9.27. The normalized spacial score (nSPS) is 9.32. The molecular weight excluding hydrogens is 278 g/mol. The Hall–Kier alpha value is -2.71. The maximum absolute atomic E-state index is 12.1. The number of ketones is 1. The van der Waals surface area contributed by atoms with Gasteiger partial charge in [-0.3, -0.25) is 4.79 Å². The number of ether oxygens (including phenoxy) is 2. The Bertz CT molecular complexity index is 587. The molecule has 0 atom stereocenters. The van der Waals surface area contributed by atoms with E-state index < -0.39 is 0 Å². The van der Waals surface area contributed by atoms with E-state index in [4.69, 9.17) is 9.47 Å². The van der Waals surface area contributed by atoms with E-state index in [1.165, 1.54) is 0 Å². The number of benzene rings is 1. The number of hydrogen-bond acceptors (Lipinski definition) is 4. The number of nitrogens with one attached hydrogen (secondary N) is 1. The fourth-order valence-corrected chi connectivity index (χ4v) is 1.63. The van der Waals surface area contributed by atoms with Crippen molar-refractivity contribution in [3.8, 4) is 5.75 Å². The van der Waals surface area contributed by atoms with Crippen molar-refractivity contribution in [1.29, 1.82) is 0 Å². The summed E-state index contributed by atoms with van der Waals surface area (Å²) < 4.78 is 10.7. The third kappa shape index (κ3) is 5.35. The van der Waals surface area contributed by atoms with Gasteiger partial charge in [-0.25, -0.2) is 0 Å². The second-order valence-electron chi connectivity index (χ2n) is 4.30. The Morgan fingerprint density at radius 3 is 2.64 bits per heavy atom. The van der Waals surface area contributed by atoms with Crippen molar-refractivity contribution in [2.75, 3.05) is 19.8 Å². The van der Waals surface area contributed by atoms with E-state index in [1.54, 1.807) is 37.3 Å². The zero-order valence-corrected chi connectivity index (χ0v) is 12.9. The van der Waals surface area contributed by atoms with Crippen LogP contribution in [0.25, 0.3) is 0 Å². The molecule has 4 nitrogen and oxygen atoms in total. The zero-order chi connectivity index (χ0) is 16.4. The van der Waals surface area contributed by atoms with Gasteiger partial charge in [0.1, 0.15) is 12.4 Å². The summed E-state index contributed by atoms with van der Waals surface area (Å²) in [7, 11) is 0. The van der Waals surface area contributed by atoms with Crippen molar-refractivity contribution < 1.29 is 15.7 Å². The Balaban J connectivity index is 0.00000484. The highest BCUT2D eigenvalue weighted by atomic mass is 16.5. The van der Waals surface area contributed by atoms with Crippen LogP contribution in [0.1, 0.15) is 18.7 Å². The lowest BCUT2D eigenvalue weighted by molar-refractivity contribution is 0.0928. The average molecular weight is 301 g/mol. The quantitative estimate of drug-likeness (QED) is 0.179. The van der Waals surface area contributed by atoms with E-state index in [0.717, 1.165) is 5.70 Å². The van der Waals surface area contributed by atoms with Crippen LogP contribution < -0.4 is 10.1 Å². The molecule has 1 N–H and O–H groups in total. The van der Waals surface area contributed by atoms with Crippen LogP contribution in [0.3, 0.4) is 0 Å². The molecule has 0 bridgehead atoms. The fraction of sp³-hybridized carbons (Fsp3) is 0.222. The highest BCUT2D eigenvalue weighted by molar-refractivity contribution is 6.07. The predicted molar refractivity (Wildman–Crippen MR) is 90.0 cm³/mol. The van der Waals surface area contributed by atoms with Gasteiger partial charge in [-0.1, -0.05) is 25.5 Å². The minimum absolute atomic E-state index is 0. The van der Waals surface area contributed by atoms with E-state index in [2.05, 4.69) is 30.8 Å². The summed E-state index contributed by atoms with van der Waals surface area (Å²) in [6.45, 7) is 14.1. The molecule has 0 aliphatic rings. The summed E-state index contributed by atoms with van der Waals surface area (Å²) >= 11 is 0. The maximum Gasteiger partial charge on any atom is 0.235 e. The highest BCUT2D eigenvalue weighted by Gasteiger charge is 2.12. The minimum Gasteiger partial charge on any atom is -0.492 e. The van der Waals surface area contributed by atoms with Crippen LogP contribution in [0.15, 0.2) is 67.3 Å². The SMILES string of the molecule is C=C=C(OCC)C(=O)c1ccc(OCCNC(=C)C=C)cc1.[HH]. The Kier molecular flexibility index (Phi) is 7.31. The molecule has 0 aliphatic carbocycles. The fourth-order valence-electron chi connectivity index (χ4n) is 1.63. The van der Waals surface area contributed by atoms with Gasteiger partial charge in [0, 0.05) is 19.2 Å². The van der Waals surface area contributed by atoms with Crippen molar-refractivity contribution >= 4 is 5.78 Å². The van der Waals surface area contributed by atoms with Crippen LogP contribution in [-0.4, -0.2) is 25.5 Å². The summed E-state index contributed by atoms with van der Waals surface area (Å²) in [5.41, 5.74) is 3.77. The number of allylic oxidation sites excluding steroid dienone is 2.